The number of quaternary nitrogens is 1. The Kier molecular flexibility index (Phi) is 3.12. The fraction of sp³-hybridized carbons (Fsp3) is 0. The Balaban J connectivity index is 1.54. The molecule has 4 heterocycles. The number of hydrogen-bond donors (Lipinski definition) is 1. The van der Waals surface area contributed by atoms with E-state index in [1.54, 1.807) is 17.5 Å². The maximum absolute atomic E-state index is 4.83. The van der Waals surface area contributed by atoms with Gasteiger partial charge in [-0.1, -0.05) is 18.2 Å². The summed E-state index contributed by atoms with van der Waals surface area (Å²) in [7, 11) is 0. The zero-order chi connectivity index (χ0) is 16.7. The van der Waals surface area contributed by atoms with E-state index in [-0.39, 0.29) is 0 Å². The van der Waals surface area contributed by atoms with Crippen LogP contribution in [-0.4, -0.2) is 22.1 Å². The molecule has 0 saturated heterocycles. The molecule has 2 aliphatic rings. The van der Waals surface area contributed by atoms with Crippen LogP contribution in [0.5, 0.6) is 0 Å². The fourth-order valence-corrected chi connectivity index (χ4v) is 3.68. The SMILES string of the molecule is C1=C[N+]2(Nc3ccc4ccc(-c5cccs5)nc4c3)C=NC=C2C=N1. The number of nitrogens with zero attached hydrogens (tertiary/aromatic N) is 4. The van der Waals surface area contributed by atoms with Crippen molar-refractivity contribution in [2.24, 2.45) is 9.98 Å². The van der Waals surface area contributed by atoms with E-state index in [1.807, 2.05) is 31.0 Å². The molecule has 1 N–H and O–H groups in total. The van der Waals surface area contributed by atoms with Crippen molar-refractivity contribution in [2.45, 2.75) is 0 Å². The minimum Gasteiger partial charge on any atom is -0.253 e. The van der Waals surface area contributed by atoms with E-state index in [0.717, 1.165) is 28.0 Å². The number of nitrogens with one attached hydrogen (secondary N) is 1. The third-order valence-corrected chi connectivity index (χ3v) is 5.15. The Hall–Kier alpha value is -3.09. The van der Waals surface area contributed by atoms with Gasteiger partial charge >= 0.3 is 0 Å². The van der Waals surface area contributed by atoms with Crippen LogP contribution in [-0.2, 0) is 0 Å². The largest absolute Gasteiger partial charge is 0.253 e. The molecule has 0 saturated carbocycles. The Morgan fingerprint density at radius 1 is 1.04 bits per heavy atom. The van der Waals surface area contributed by atoms with Crippen molar-refractivity contribution in [3.05, 3.63) is 72.1 Å². The van der Waals surface area contributed by atoms with Crippen LogP contribution in [0.1, 0.15) is 0 Å². The van der Waals surface area contributed by atoms with Gasteiger partial charge in [-0.25, -0.2) is 15.4 Å². The lowest BCUT2D eigenvalue weighted by molar-refractivity contribution is -0.704. The highest BCUT2D eigenvalue weighted by molar-refractivity contribution is 7.13. The lowest BCUT2D eigenvalue weighted by Crippen LogP contribution is -2.45. The molecule has 0 spiro atoms. The monoisotopic (exact) mass is 344 g/mol. The van der Waals surface area contributed by atoms with Crippen molar-refractivity contribution in [3.8, 4) is 10.6 Å². The van der Waals surface area contributed by atoms with E-state index >= 15 is 0 Å². The predicted molar refractivity (Wildman–Crippen MR) is 103 cm³/mol. The molecule has 5 rings (SSSR count). The zero-order valence-corrected chi connectivity index (χ0v) is 14.0. The summed E-state index contributed by atoms with van der Waals surface area (Å²) in [5.41, 5.74) is 7.42. The number of fused-ring (bicyclic) bond motifs is 2. The topological polar surface area (TPSA) is 49.6 Å². The first kappa shape index (κ1) is 14.3. The summed E-state index contributed by atoms with van der Waals surface area (Å²) in [4.78, 5) is 14.4. The molecule has 3 aromatic rings. The zero-order valence-electron chi connectivity index (χ0n) is 13.2. The van der Waals surface area contributed by atoms with Gasteiger partial charge in [-0.15, -0.1) is 15.9 Å². The summed E-state index contributed by atoms with van der Waals surface area (Å²) in [6, 6.07) is 14.5. The molecular weight excluding hydrogens is 330 g/mol. The fourth-order valence-electron chi connectivity index (χ4n) is 2.99. The van der Waals surface area contributed by atoms with Crippen molar-refractivity contribution in [1.29, 1.82) is 0 Å². The minimum atomic E-state index is 0.333. The molecule has 1 unspecified atom stereocenters. The Morgan fingerprint density at radius 2 is 2.00 bits per heavy atom. The van der Waals surface area contributed by atoms with Gasteiger partial charge in [-0.05, 0) is 29.6 Å². The van der Waals surface area contributed by atoms with E-state index in [1.165, 1.54) is 4.88 Å². The van der Waals surface area contributed by atoms with Crippen LogP contribution in [0.15, 0.2) is 82.1 Å². The number of benzene rings is 1. The smallest absolute Gasteiger partial charge is 0.225 e. The summed E-state index contributed by atoms with van der Waals surface area (Å²) in [6.07, 6.45) is 9.21. The number of pyridine rings is 1. The molecule has 1 aromatic carbocycles. The molecule has 25 heavy (non-hydrogen) atoms. The van der Waals surface area contributed by atoms with Gasteiger partial charge in [0.1, 0.15) is 0 Å². The number of thiophene rings is 1. The van der Waals surface area contributed by atoms with Gasteiger partial charge in [-0.3, -0.25) is 4.99 Å². The first-order valence-corrected chi connectivity index (χ1v) is 8.78. The predicted octanol–water partition coefficient (Wildman–Crippen LogP) is 4.55. The molecule has 0 amide bonds. The van der Waals surface area contributed by atoms with E-state index < -0.39 is 0 Å². The number of anilines is 1. The molecule has 0 bridgehead atoms. The molecule has 0 radical (unpaired) electrons. The van der Waals surface area contributed by atoms with Gasteiger partial charge in [0.15, 0.2) is 6.20 Å². The number of aliphatic imine (C=N–C) groups is 2. The molecule has 1 atom stereocenters. The van der Waals surface area contributed by atoms with Gasteiger partial charge < -0.3 is 0 Å². The summed E-state index contributed by atoms with van der Waals surface area (Å²) < 4.78 is 0.333. The maximum Gasteiger partial charge on any atom is 0.225 e. The van der Waals surface area contributed by atoms with Crippen LogP contribution in [0.2, 0.25) is 0 Å². The molecule has 2 aliphatic heterocycles. The first-order valence-electron chi connectivity index (χ1n) is 7.90. The summed E-state index contributed by atoms with van der Waals surface area (Å²) in [5, 5.41) is 3.19. The van der Waals surface area contributed by atoms with Gasteiger partial charge in [0.05, 0.1) is 40.4 Å². The average molecular weight is 344 g/mol. The highest BCUT2D eigenvalue weighted by atomic mass is 32.1. The van der Waals surface area contributed by atoms with E-state index in [9.17, 15) is 0 Å². The molecule has 0 fully saturated rings. The molecule has 2 aromatic heterocycles. The third kappa shape index (κ3) is 2.39. The lowest BCUT2D eigenvalue weighted by atomic mass is 10.1. The standard InChI is InChI=1S/C19H14N5S/c1-2-19(25-9-1)17-6-4-14-3-5-15(10-18(14)22-17)23-24-8-7-20-11-16(24)12-21-13-24/h1-13,23H/q+1. The molecular formula is C19H14N5S+. The van der Waals surface area contributed by atoms with Crippen LogP contribution in [0.3, 0.4) is 0 Å². The second-order valence-electron chi connectivity index (χ2n) is 5.87. The second-order valence-corrected chi connectivity index (χ2v) is 6.81. The molecule has 0 aliphatic carbocycles. The van der Waals surface area contributed by atoms with Crippen molar-refractivity contribution >= 4 is 40.5 Å². The average Bonchev–Trinajstić information content (AvgIpc) is 3.31. The van der Waals surface area contributed by atoms with Crippen LogP contribution in [0.4, 0.5) is 5.69 Å². The molecule has 120 valence electrons. The van der Waals surface area contributed by atoms with Crippen LogP contribution >= 0.6 is 11.3 Å². The Morgan fingerprint density at radius 3 is 2.92 bits per heavy atom. The molecule has 6 heteroatoms. The van der Waals surface area contributed by atoms with Crippen LogP contribution in [0, 0.1) is 0 Å². The minimum absolute atomic E-state index is 0.333. The van der Waals surface area contributed by atoms with Crippen LogP contribution in [0.25, 0.3) is 21.5 Å². The van der Waals surface area contributed by atoms with E-state index in [4.69, 9.17) is 4.98 Å². The van der Waals surface area contributed by atoms with E-state index in [0.29, 0.717) is 4.59 Å². The van der Waals surface area contributed by atoms with Crippen molar-refractivity contribution < 1.29 is 4.59 Å². The van der Waals surface area contributed by atoms with Crippen molar-refractivity contribution in [2.75, 3.05) is 5.43 Å². The number of rotatable bonds is 3. The summed E-state index contributed by atoms with van der Waals surface area (Å²) >= 11 is 1.70. The normalized spacial score (nSPS) is 20.7. The van der Waals surface area contributed by atoms with Crippen molar-refractivity contribution in [1.82, 2.24) is 4.98 Å². The number of allylic oxidation sites excluding steroid dienone is 1. The van der Waals surface area contributed by atoms with Gasteiger partial charge in [0.25, 0.3) is 0 Å². The van der Waals surface area contributed by atoms with Gasteiger partial charge in [0.2, 0.25) is 12.0 Å². The van der Waals surface area contributed by atoms with Crippen molar-refractivity contribution in [3.63, 3.8) is 0 Å². The second kappa shape index (κ2) is 5.47. The highest BCUT2D eigenvalue weighted by Crippen LogP contribution is 2.29. The molecule has 5 nitrogen and oxygen atoms in total. The van der Waals surface area contributed by atoms with Gasteiger partial charge in [-0.2, -0.15) is 0 Å². The highest BCUT2D eigenvalue weighted by Gasteiger charge is 2.34. The maximum atomic E-state index is 4.83. The summed E-state index contributed by atoms with van der Waals surface area (Å²) in [5.74, 6) is 0. The third-order valence-electron chi connectivity index (χ3n) is 4.26. The quantitative estimate of drug-likeness (QED) is 0.709. The number of hydrogen-bond acceptors (Lipinski definition) is 5. The lowest BCUT2D eigenvalue weighted by Gasteiger charge is -2.28. The van der Waals surface area contributed by atoms with Gasteiger partial charge in [0, 0.05) is 5.39 Å². The summed E-state index contributed by atoms with van der Waals surface area (Å²) in [6.45, 7) is 0. The van der Waals surface area contributed by atoms with Crippen LogP contribution < -0.4 is 5.43 Å². The first-order chi connectivity index (χ1) is 12.3. The Labute approximate surface area is 148 Å². The Bertz CT molecular complexity index is 1080. The van der Waals surface area contributed by atoms with E-state index in [2.05, 4.69) is 57.2 Å². The number of aromatic nitrogens is 1.